The molecule has 1 aromatic carbocycles. The quantitative estimate of drug-likeness (QED) is 0.620. The van der Waals surface area contributed by atoms with Crippen molar-refractivity contribution >= 4 is 15.9 Å². The van der Waals surface area contributed by atoms with Crippen molar-refractivity contribution in [3.8, 4) is 0 Å². The third kappa shape index (κ3) is 2.79. The number of ketones is 1. The Hall–Kier alpha value is -1.20. The Bertz CT molecular complexity index is 521. The zero-order chi connectivity index (χ0) is 13.2. The lowest BCUT2D eigenvalue weighted by Crippen LogP contribution is -2.37. The van der Waals surface area contributed by atoms with Crippen molar-refractivity contribution in [2.24, 2.45) is 5.92 Å². The maximum absolute atomic E-state index is 12.3. The number of hydrogen-bond acceptors (Lipinski definition) is 4. The highest BCUT2D eigenvalue weighted by atomic mass is 32.2. The van der Waals surface area contributed by atoms with E-state index < -0.39 is 21.3 Å². The van der Waals surface area contributed by atoms with E-state index in [1.165, 1.54) is 0 Å². The predicted octanol–water partition coefficient (Wildman–Crippen LogP) is 1.97. The van der Waals surface area contributed by atoms with Crippen LogP contribution in [0, 0.1) is 5.92 Å². The van der Waals surface area contributed by atoms with E-state index in [4.69, 9.17) is 0 Å². The summed E-state index contributed by atoms with van der Waals surface area (Å²) in [5, 5.41) is -1.06. The summed E-state index contributed by atoms with van der Waals surface area (Å²) in [6, 6.07) is 8.57. The zero-order valence-corrected chi connectivity index (χ0v) is 10.7. The van der Waals surface area contributed by atoms with Gasteiger partial charge < -0.3 is 4.55 Å². The summed E-state index contributed by atoms with van der Waals surface area (Å²) >= 11 is 0. The molecule has 0 N–H and O–H groups in total. The van der Waals surface area contributed by atoms with Crippen LogP contribution in [0.3, 0.4) is 0 Å². The minimum Gasteiger partial charge on any atom is -0.748 e. The second kappa shape index (κ2) is 5.20. The van der Waals surface area contributed by atoms with Crippen LogP contribution >= 0.6 is 0 Å². The number of carbonyl (C=O) groups is 1. The van der Waals surface area contributed by atoms with Crippen LogP contribution in [0.2, 0.25) is 0 Å². The highest BCUT2D eigenvalue weighted by Crippen LogP contribution is 2.31. The smallest absolute Gasteiger partial charge is 0.167 e. The first-order valence-electron chi connectivity index (χ1n) is 6.04. The Morgan fingerprint density at radius 3 is 2.33 bits per heavy atom. The van der Waals surface area contributed by atoms with Crippen LogP contribution in [0.5, 0.6) is 0 Å². The van der Waals surface area contributed by atoms with Gasteiger partial charge in [-0.15, -0.1) is 0 Å². The van der Waals surface area contributed by atoms with E-state index in [0.29, 0.717) is 24.8 Å². The van der Waals surface area contributed by atoms with E-state index in [1.54, 1.807) is 30.3 Å². The van der Waals surface area contributed by atoms with Gasteiger partial charge in [0.05, 0.1) is 15.4 Å². The molecule has 98 valence electrons. The van der Waals surface area contributed by atoms with Gasteiger partial charge in [0.1, 0.15) is 0 Å². The molecule has 0 radical (unpaired) electrons. The van der Waals surface area contributed by atoms with E-state index in [9.17, 15) is 17.8 Å². The fourth-order valence-electron chi connectivity index (χ4n) is 2.56. The molecule has 4 nitrogen and oxygen atoms in total. The molecule has 0 saturated heterocycles. The molecule has 0 aromatic heterocycles. The predicted molar refractivity (Wildman–Crippen MR) is 66.2 cm³/mol. The average Bonchev–Trinajstić information content (AvgIpc) is 2.38. The van der Waals surface area contributed by atoms with Gasteiger partial charge in [-0.25, -0.2) is 8.42 Å². The summed E-state index contributed by atoms with van der Waals surface area (Å²) in [6.45, 7) is 0. The first-order chi connectivity index (χ1) is 8.50. The van der Waals surface area contributed by atoms with Gasteiger partial charge >= 0.3 is 0 Å². The molecule has 2 rings (SSSR count). The van der Waals surface area contributed by atoms with Crippen molar-refractivity contribution in [1.29, 1.82) is 0 Å². The Kier molecular flexibility index (Phi) is 3.82. The summed E-state index contributed by atoms with van der Waals surface area (Å²) < 4.78 is 33.7. The molecule has 0 unspecified atom stereocenters. The van der Waals surface area contributed by atoms with Gasteiger partial charge in [0, 0.05) is 11.5 Å². The van der Waals surface area contributed by atoms with E-state index >= 15 is 0 Å². The van der Waals surface area contributed by atoms with Crippen molar-refractivity contribution in [2.45, 2.75) is 30.9 Å². The first kappa shape index (κ1) is 13.2. The summed E-state index contributed by atoms with van der Waals surface area (Å²) in [5.41, 5.74) is 0.484. The van der Waals surface area contributed by atoms with Crippen LogP contribution in [0.15, 0.2) is 30.3 Å². The minimum atomic E-state index is -4.40. The van der Waals surface area contributed by atoms with Crippen molar-refractivity contribution in [3.05, 3.63) is 35.9 Å². The number of Topliss-reactive ketones (excluding diaryl/α,β-unsaturated/α-hetero) is 1. The molecule has 5 heteroatoms. The normalized spacial score (nSPS) is 24.7. The van der Waals surface area contributed by atoms with Gasteiger partial charge in [0.2, 0.25) is 0 Å². The van der Waals surface area contributed by atoms with E-state index in [2.05, 4.69) is 0 Å². The summed E-state index contributed by atoms with van der Waals surface area (Å²) in [6.07, 6.45) is 2.29. The van der Waals surface area contributed by atoms with Crippen LogP contribution in [0.4, 0.5) is 0 Å². The first-order valence-corrected chi connectivity index (χ1v) is 7.51. The van der Waals surface area contributed by atoms with Crippen molar-refractivity contribution in [1.82, 2.24) is 0 Å². The lowest BCUT2D eigenvalue weighted by atomic mass is 9.83. The molecule has 0 spiro atoms. The van der Waals surface area contributed by atoms with Gasteiger partial charge in [-0.1, -0.05) is 43.2 Å². The van der Waals surface area contributed by atoms with Crippen molar-refractivity contribution in [3.63, 3.8) is 0 Å². The second-order valence-electron chi connectivity index (χ2n) is 4.65. The topological polar surface area (TPSA) is 74.3 Å². The molecule has 1 aromatic rings. The van der Waals surface area contributed by atoms with Crippen molar-refractivity contribution < 1.29 is 17.8 Å². The number of rotatable bonds is 3. The molecule has 0 aliphatic heterocycles. The van der Waals surface area contributed by atoms with Gasteiger partial charge in [0.25, 0.3) is 0 Å². The van der Waals surface area contributed by atoms with Crippen molar-refractivity contribution in [2.75, 3.05) is 0 Å². The molecule has 18 heavy (non-hydrogen) atoms. The number of benzene rings is 1. The molecule has 1 fully saturated rings. The average molecular weight is 267 g/mol. The maximum Gasteiger partial charge on any atom is 0.167 e. The highest BCUT2D eigenvalue weighted by Gasteiger charge is 2.35. The monoisotopic (exact) mass is 267 g/mol. The van der Waals surface area contributed by atoms with Crippen LogP contribution < -0.4 is 0 Å². The van der Waals surface area contributed by atoms with Gasteiger partial charge in [-0.05, 0) is 12.8 Å². The molecule has 0 amide bonds. The lowest BCUT2D eigenvalue weighted by molar-refractivity contribution is 0.0889. The fourth-order valence-corrected chi connectivity index (χ4v) is 3.68. The summed E-state index contributed by atoms with van der Waals surface area (Å²) in [7, 11) is -4.40. The number of carbonyl (C=O) groups excluding carboxylic acids is 1. The van der Waals surface area contributed by atoms with Gasteiger partial charge in [-0.3, -0.25) is 4.79 Å². The van der Waals surface area contributed by atoms with Crippen LogP contribution in [0.1, 0.15) is 36.0 Å². The summed E-state index contributed by atoms with van der Waals surface area (Å²) in [5.74, 6) is -0.900. The lowest BCUT2D eigenvalue weighted by Gasteiger charge is -2.32. The zero-order valence-electron chi connectivity index (χ0n) is 9.91. The Morgan fingerprint density at radius 1 is 1.11 bits per heavy atom. The van der Waals surface area contributed by atoms with Crippen LogP contribution in [0.25, 0.3) is 0 Å². The standard InChI is InChI=1S/C13H16O4S/c14-13(10-6-2-1-3-7-10)11-8-4-5-9-12(11)18(15,16)17/h1-3,6-7,11-12H,4-5,8-9H2,(H,15,16,17)/p-1/t11-,12-/m0/s1. The molecule has 0 bridgehead atoms. The van der Waals surface area contributed by atoms with Crippen LogP contribution in [-0.4, -0.2) is 24.0 Å². The minimum absolute atomic E-state index is 0.222. The molecular weight excluding hydrogens is 252 g/mol. The van der Waals surface area contributed by atoms with Gasteiger partial charge in [-0.2, -0.15) is 0 Å². The molecule has 0 heterocycles. The largest absolute Gasteiger partial charge is 0.748 e. The van der Waals surface area contributed by atoms with E-state index in [1.807, 2.05) is 0 Å². The molecular formula is C13H15O4S-. The Morgan fingerprint density at radius 2 is 1.72 bits per heavy atom. The van der Waals surface area contributed by atoms with E-state index in [-0.39, 0.29) is 5.78 Å². The maximum atomic E-state index is 12.3. The van der Waals surface area contributed by atoms with Gasteiger partial charge in [0.15, 0.2) is 5.78 Å². The Balaban J connectivity index is 2.28. The fraction of sp³-hybridized carbons (Fsp3) is 0.462. The highest BCUT2D eigenvalue weighted by molar-refractivity contribution is 7.86. The Labute approximate surface area is 107 Å². The van der Waals surface area contributed by atoms with Crippen LogP contribution in [-0.2, 0) is 10.1 Å². The molecule has 1 aliphatic carbocycles. The molecule has 2 atom stereocenters. The third-order valence-corrected chi connectivity index (χ3v) is 4.77. The third-order valence-electron chi connectivity index (χ3n) is 3.47. The van der Waals surface area contributed by atoms with E-state index in [0.717, 1.165) is 6.42 Å². The second-order valence-corrected chi connectivity index (χ2v) is 6.24. The summed E-state index contributed by atoms with van der Waals surface area (Å²) in [4.78, 5) is 12.3. The SMILES string of the molecule is O=C(c1ccccc1)[C@H]1CCCC[C@@H]1S(=O)(=O)[O-]. The molecule has 1 saturated carbocycles. The molecule has 1 aliphatic rings. The number of hydrogen-bond donors (Lipinski definition) is 0.